The molecule has 0 spiro atoms. The number of para-hydroxylation sites is 2. The van der Waals surface area contributed by atoms with Crippen molar-refractivity contribution < 1.29 is 18.7 Å². The molecule has 0 fully saturated rings. The molecule has 2 aromatic carbocycles. The molecule has 8 heteroatoms. The fraction of sp³-hybridized carbons (Fsp3) is 0.263. The van der Waals surface area contributed by atoms with Gasteiger partial charge in [-0.1, -0.05) is 18.2 Å². The number of carbonyl (C=O) groups excluding carboxylic acids is 2. The predicted molar refractivity (Wildman–Crippen MR) is 102 cm³/mol. The van der Waals surface area contributed by atoms with Gasteiger partial charge >= 0.3 is 0 Å². The summed E-state index contributed by atoms with van der Waals surface area (Å²) in [7, 11) is 0. The number of fused-ring (bicyclic) bond motifs is 2. The summed E-state index contributed by atoms with van der Waals surface area (Å²) in [5, 5.41) is 8.44. The van der Waals surface area contributed by atoms with Crippen LogP contribution in [0.25, 0.3) is 0 Å². The van der Waals surface area contributed by atoms with Gasteiger partial charge in [0.15, 0.2) is 6.10 Å². The lowest BCUT2D eigenvalue weighted by atomic mass is 9.99. The monoisotopic (exact) mass is 391 g/mol. The van der Waals surface area contributed by atoms with Crippen LogP contribution >= 0.6 is 12.4 Å². The fourth-order valence-electron chi connectivity index (χ4n) is 3.23. The lowest BCUT2D eigenvalue weighted by Gasteiger charge is -2.25. The van der Waals surface area contributed by atoms with Crippen molar-refractivity contribution in [2.24, 2.45) is 0 Å². The van der Waals surface area contributed by atoms with Crippen LogP contribution in [0.3, 0.4) is 0 Å². The van der Waals surface area contributed by atoms with E-state index in [2.05, 4.69) is 16.0 Å². The maximum Gasteiger partial charge on any atom is 0.266 e. The molecule has 2 heterocycles. The molecular weight excluding hydrogens is 373 g/mol. The second-order valence-corrected chi connectivity index (χ2v) is 6.34. The summed E-state index contributed by atoms with van der Waals surface area (Å²) in [5.74, 6) is -0.762. The average Bonchev–Trinajstić information content (AvgIpc) is 2.65. The van der Waals surface area contributed by atoms with Gasteiger partial charge in [-0.25, -0.2) is 4.39 Å². The standard InChI is InChI=1S/C19H18FN3O3.ClH/c20-18-12-7-8-21-10-11(12)5-6-14(18)22-17(24)9-16-19(25)23-13-3-1-2-4-15(13)26-16;/h1-6,16,21H,7-10H2,(H,22,24)(H,23,25);1H. The molecule has 6 nitrogen and oxygen atoms in total. The molecule has 0 saturated carbocycles. The molecule has 27 heavy (non-hydrogen) atoms. The van der Waals surface area contributed by atoms with Gasteiger partial charge in [-0.15, -0.1) is 12.4 Å². The first-order valence-electron chi connectivity index (χ1n) is 8.49. The maximum absolute atomic E-state index is 14.6. The number of carbonyl (C=O) groups is 2. The van der Waals surface area contributed by atoms with Crippen LogP contribution in [0, 0.1) is 5.82 Å². The molecule has 0 bridgehead atoms. The summed E-state index contributed by atoms with van der Waals surface area (Å²) in [6.45, 7) is 1.33. The third kappa shape index (κ3) is 3.89. The number of rotatable bonds is 3. The van der Waals surface area contributed by atoms with Crippen LogP contribution in [0.2, 0.25) is 0 Å². The van der Waals surface area contributed by atoms with Gasteiger partial charge in [-0.2, -0.15) is 0 Å². The quantitative estimate of drug-likeness (QED) is 0.751. The third-order valence-electron chi connectivity index (χ3n) is 4.56. The highest BCUT2D eigenvalue weighted by Gasteiger charge is 2.30. The van der Waals surface area contributed by atoms with E-state index < -0.39 is 23.7 Å². The highest BCUT2D eigenvalue weighted by atomic mass is 35.5. The van der Waals surface area contributed by atoms with Crippen molar-refractivity contribution >= 4 is 35.6 Å². The van der Waals surface area contributed by atoms with Gasteiger partial charge < -0.3 is 20.7 Å². The van der Waals surface area contributed by atoms with Crippen molar-refractivity contribution in [3.05, 3.63) is 53.3 Å². The highest BCUT2D eigenvalue weighted by Crippen LogP contribution is 2.30. The molecule has 2 amide bonds. The number of anilines is 2. The van der Waals surface area contributed by atoms with Gasteiger partial charge in [-0.05, 0) is 42.3 Å². The van der Waals surface area contributed by atoms with E-state index in [-0.39, 0.29) is 24.5 Å². The van der Waals surface area contributed by atoms with Gasteiger partial charge in [0, 0.05) is 6.54 Å². The molecule has 2 aliphatic heterocycles. The van der Waals surface area contributed by atoms with E-state index in [1.165, 1.54) is 0 Å². The highest BCUT2D eigenvalue weighted by molar-refractivity contribution is 6.02. The van der Waals surface area contributed by atoms with Gasteiger partial charge in [0.1, 0.15) is 11.6 Å². The van der Waals surface area contributed by atoms with E-state index in [4.69, 9.17) is 4.74 Å². The number of ether oxygens (including phenoxy) is 1. The number of halogens is 2. The molecule has 0 aromatic heterocycles. The van der Waals surface area contributed by atoms with Crippen molar-refractivity contribution in [2.45, 2.75) is 25.5 Å². The van der Waals surface area contributed by atoms with E-state index in [0.29, 0.717) is 36.5 Å². The zero-order valence-electron chi connectivity index (χ0n) is 14.4. The number of hydrogen-bond acceptors (Lipinski definition) is 4. The molecule has 0 saturated heterocycles. The van der Waals surface area contributed by atoms with E-state index in [9.17, 15) is 14.0 Å². The summed E-state index contributed by atoms with van der Waals surface area (Å²) in [6, 6.07) is 10.4. The number of hydrogen-bond donors (Lipinski definition) is 3. The Morgan fingerprint density at radius 1 is 1.26 bits per heavy atom. The zero-order valence-corrected chi connectivity index (χ0v) is 15.2. The molecule has 142 valence electrons. The van der Waals surface area contributed by atoms with Gasteiger partial charge in [0.25, 0.3) is 5.91 Å². The minimum atomic E-state index is -0.949. The molecule has 4 rings (SSSR count). The first-order chi connectivity index (χ1) is 12.6. The Morgan fingerprint density at radius 2 is 2.07 bits per heavy atom. The van der Waals surface area contributed by atoms with Gasteiger partial charge in [-0.3, -0.25) is 9.59 Å². The smallest absolute Gasteiger partial charge is 0.266 e. The van der Waals surface area contributed by atoms with Crippen LogP contribution in [0.4, 0.5) is 15.8 Å². The first kappa shape index (κ1) is 19.1. The number of nitrogens with one attached hydrogen (secondary N) is 3. The Balaban J connectivity index is 0.00000210. The average molecular weight is 392 g/mol. The predicted octanol–water partition coefficient (Wildman–Crippen LogP) is 2.62. The second-order valence-electron chi connectivity index (χ2n) is 6.34. The van der Waals surface area contributed by atoms with Crippen molar-refractivity contribution in [3.8, 4) is 5.75 Å². The molecular formula is C19H19ClFN3O3. The van der Waals surface area contributed by atoms with Crippen molar-refractivity contribution in [1.82, 2.24) is 5.32 Å². The Bertz CT molecular complexity index is 890. The topological polar surface area (TPSA) is 79.5 Å². The first-order valence-corrected chi connectivity index (χ1v) is 8.49. The van der Waals surface area contributed by atoms with E-state index in [1.807, 2.05) is 0 Å². The van der Waals surface area contributed by atoms with Gasteiger partial charge in [0.2, 0.25) is 5.91 Å². The lowest BCUT2D eigenvalue weighted by Crippen LogP contribution is -2.39. The number of benzene rings is 2. The Morgan fingerprint density at radius 3 is 2.93 bits per heavy atom. The summed E-state index contributed by atoms with van der Waals surface area (Å²) in [4.78, 5) is 24.4. The zero-order chi connectivity index (χ0) is 18.1. The molecule has 0 radical (unpaired) electrons. The number of amides is 2. The van der Waals surface area contributed by atoms with Crippen molar-refractivity contribution in [2.75, 3.05) is 17.2 Å². The van der Waals surface area contributed by atoms with Crippen LogP contribution in [0.5, 0.6) is 5.75 Å². The summed E-state index contributed by atoms with van der Waals surface area (Å²) in [6.07, 6.45) is -0.566. The van der Waals surface area contributed by atoms with Crippen LogP contribution in [0.1, 0.15) is 17.5 Å². The molecule has 1 atom stereocenters. The summed E-state index contributed by atoms with van der Waals surface area (Å²) in [5.41, 5.74) is 2.23. The summed E-state index contributed by atoms with van der Waals surface area (Å²) >= 11 is 0. The normalized spacial score (nSPS) is 17.5. The third-order valence-corrected chi connectivity index (χ3v) is 4.56. The Hall–Kier alpha value is -2.64. The fourth-order valence-corrected chi connectivity index (χ4v) is 3.23. The van der Waals surface area contributed by atoms with Crippen LogP contribution in [0.15, 0.2) is 36.4 Å². The Kier molecular flexibility index (Phi) is 5.62. The SMILES string of the molecule is Cl.O=C(CC1Oc2ccccc2NC1=O)Nc1ccc2c(c1F)CCNC2. The molecule has 2 aromatic rings. The van der Waals surface area contributed by atoms with E-state index >= 15 is 0 Å². The second kappa shape index (κ2) is 7.94. The molecule has 1 unspecified atom stereocenters. The van der Waals surface area contributed by atoms with Crippen LogP contribution in [-0.4, -0.2) is 24.5 Å². The Labute approximate surface area is 161 Å². The van der Waals surface area contributed by atoms with Crippen molar-refractivity contribution in [1.29, 1.82) is 0 Å². The minimum Gasteiger partial charge on any atom is -0.478 e. The maximum atomic E-state index is 14.6. The van der Waals surface area contributed by atoms with Gasteiger partial charge in [0.05, 0.1) is 17.8 Å². The largest absolute Gasteiger partial charge is 0.478 e. The van der Waals surface area contributed by atoms with Crippen LogP contribution in [-0.2, 0) is 22.6 Å². The molecule has 0 aliphatic carbocycles. The van der Waals surface area contributed by atoms with E-state index in [0.717, 1.165) is 5.56 Å². The van der Waals surface area contributed by atoms with Crippen molar-refractivity contribution in [3.63, 3.8) is 0 Å². The summed E-state index contributed by atoms with van der Waals surface area (Å²) < 4.78 is 20.2. The molecule has 2 aliphatic rings. The minimum absolute atomic E-state index is 0. The molecule has 3 N–H and O–H groups in total. The van der Waals surface area contributed by atoms with E-state index in [1.54, 1.807) is 36.4 Å². The van der Waals surface area contributed by atoms with Crippen LogP contribution < -0.4 is 20.7 Å². The lowest BCUT2D eigenvalue weighted by molar-refractivity contribution is -0.128.